The zero-order valence-corrected chi connectivity index (χ0v) is 14.8. The summed E-state index contributed by atoms with van der Waals surface area (Å²) in [6.07, 6.45) is 1.56. The molecule has 0 spiro atoms. The van der Waals surface area contributed by atoms with Crippen molar-refractivity contribution in [3.63, 3.8) is 0 Å². The second-order valence-corrected chi connectivity index (χ2v) is 6.00. The SMILES string of the molecule is COc1cc2ccccc2cc1C(=O)N/N=C\c1ccc2c(c1)OCCO2. The number of methoxy groups -OCH3 is 1. The van der Waals surface area contributed by atoms with E-state index in [1.165, 1.54) is 0 Å². The molecule has 1 heterocycles. The fraction of sp³-hybridized carbons (Fsp3) is 0.143. The van der Waals surface area contributed by atoms with Crippen LogP contribution in [0.5, 0.6) is 17.2 Å². The third kappa shape index (κ3) is 3.55. The average Bonchev–Trinajstić information content (AvgIpc) is 2.72. The maximum atomic E-state index is 12.5. The number of fused-ring (bicyclic) bond motifs is 2. The summed E-state index contributed by atoms with van der Waals surface area (Å²) in [7, 11) is 1.54. The van der Waals surface area contributed by atoms with Crippen LogP contribution in [0.3, 0.4) is 0 Å². The Hall–Kier alpha value is -3.54. The van der Waals surface area contributed by atoms with Gasteiger partial charge in [0.05, 0.1) is 18.9 Å². The molecule has 0 saturated heterocycles. The summed E-state index contributed by atoms with van der Waals surface area (Å²) in [4.78, 5) is 12.5. The number of carbonyl (C=O) groups excluding carboxylic acids is 1. The molecule has 0 aliphatic carbocycles. The molecular weight excluding hydrogens is 344 g/mol. The van der Waals surface area contributed by atoms with E-state index in [1.807, 2.05) is 48.5 Å². The maximum absolute atomic E-state index is 12.5. The quantitative estimate of drug-likeness (QED) is 0.571. The van der Waals surface area contributed by atoms with Crippen LogP contribution in [0, 0.1) is 0 Å². The number of benzene rings is 3. The third-order valence-corrected chi connectivity index (χ3v) is 4.26. The molecule has 136 valence electrons. The lowest BCUT2D eigenvalue weighted by Crippen LogP contribution is -2.18. The summed E-state index contributed by atoms with van der Waals surface area (Å²) in [6, 6.07) is 16.9. The van der Waals surface area contributed by atoms with Crippen molar-refractivity contribution in [3.05, 3.63) is 65.7 Å². The summed E-state index contributed by atoms with van der Waals surface area (Å²) in [5, 5.41) is 6.01. The van der Waals surface area contributed by atoms with Gasteiger partial charge in [0.2, 0.25) is 0 Å². The first-order valence-corrected chi connectivity index (χ1v) is 8.54. The van der Waals surface area contributed by atoms with E-state index in [-0.39, 0.29) is 5.91 Å². The first-order chi connectivity index (χ1) is 13.2. The van der Waals surface area contributed by atoms with Gasteiger partial charge in [-0.2, -0.15) is 5.10 Å². The van der Waals surface area contributed by atoms with Gasteiger partial charge < -0.3 is 14.2 Å². The number of ether oxygens (including phenoxy) is 3. The Bertz CT molecular complexity index is 1030. The Balaban J connectivity index is 1.52. The lowest BCUT2D eigenvalue weighted by Gasteiger charge is -2.18. The summed E-state index contributed by atoms with van der Waals surface area (Å²) >= 11 is 0. The lowest BCUT2D eigenvalue weighted by molar-refractivity contribution is 0.0952. The van der Waals surface area contributed by atoms with E-state index in [4.69, 9.17) is 14.2 Å². The first kappa shape index (κ1) is 16.9. The molecule has 1 amide bonds. The minimum absolute atomic E-state index is 0.341. The smallest absolute Gasteiger partial charge is 0.275 e. The Morgan fingerprint density at radius 3 is 2.56 bits per heavy atom. The number of hydrazone groups is 1. The molecular formula is C21H18N2O4. The third-order valence-electron chi connectivity index (χ3n) is 4.26. The lowest BCUT2D eigenvalue weighted by atomic mass is 10.1. The number of nitrogens with zero attached hydrogens (tertiary/aromatic N) is 1. The van der Waals surface area contributed by atoms with Crippen molar-refractivity contribution in [3.8, 4) is 17.2 Å². The summed E-state index contributed by atoms with van der Waals surface area (Å²) in [5.41, 5.74) is 3.77. The van der Waals surface area contributed by atoms with Gasteiger partial charge in [-0.15, -0.1) is 0 Å². The average molecular weight is 362 g/mol. The largest absolute Gasteiger partial charge is 0.496 e. The van der Waals surface area contributed by atoms with Crippen LogP contribution in [-0.4, -0.2) is 32.4 Å². The highest BCUT2D eigenvalue weighted by molar-refractivity contribution is 6.02. The molecule has 6 heteroatoms. The van der Waals surface area contributed by atoms with Crippen LogP contribution in [0.15, 0.2) is 59.7 Å². The highest BCUT2D eigenvalue weighted by atomic mass is 16.6. The predicted octanol–water partition coefficient (Wildman–Crippen LogP) is 3.38. The van der Waals surface area contributed by atoms with Crippen molar-refractivity contribution in [1.29, 1.82) is 0 Å². The van der Waals surface area contributed by atoms with Crippen LogP contribution in [0.25, 0.3) is 10.8 Å². The second-order valence-electron chi connectivity index (χ2n) is 6.00. The van der Waals surface area contributed by atoms with E-state index in [0.717, 1.165) is 16.3 Å². The first-order valence-electron chi connectivity index (χ1n) is 8.54. The molecule has 6 nitrogen and oxygen atoms in total. The molecule has 3 aromatic carbocycles. The van der Waals surface area contributed by atoms with E-state index in [0.29, 0.717) is 36.0 Å². The summed E-state index contributed by atoms with van der Waals surface area (Å²) < 4.78 is 16.4. The van der Waals surface area contributed by atoms with Crippen LogP contribution >= 0.6 is 0 Å². The van der Waals surface area contributed by atoms with E-state index < -0.39 is 0 Å². The molecule has 0 fully saturated rings. The number of hydrogen-bond donors (Lipinski definition) is 1. The van der Waals surface area contributed by atoms with E-state index in [1.54, 1.807) is 19.4 Å². The maximum Gasteiger partial charge on any atom is 0.275 e. The van der Waals surface area contributed by atoms with Gasteiger partial charge in [-0.3, -0.25) is 4.79 Å². The van der Waals surface area contributed by atoms with Crippen molar-refractivity contribution in [1.82, 2.24) is 5.43 Å². The number of rotatable bonds is 4. The molecule has 0 aromatic heterocycles. The van der Waals surface area contributed by atoms with Crippen LogP contribution < -0.4 is 19.6 Å². The number of nitrogens with one attached hydrogen (secondary N) is 1. The van der Waals surface area contributed by atoms with Gasteiger partial charge in [0, 0.05) is 0 Å². The highest BCUT2D eigenvalue weighted by Gasteiger charge is 2.14. The molecule has 3 aromatic rings. The topological polar surface area (TPSA) is 69.2 Å². The van der Waals surface area contributed by atoms with E-state index in [2.05, 4.69) is 10.5 Å². The van der Waals surface area contributed by atoms with Gasteiger partial charge in [-0.1, -0.05) is 24.3 Å². The molecule has 27 heavy (non-hydrogen) atoms. The molecule has 1 aliphatic heterocycles. The molecule has 0 saturated carbocycles. The van der Waals surface area contributed by atoms with Gasteiger partial charge in [0.15, 0.2) is 11.5 Å². The Morgan fingerprint density at radius 2 is 1.78 bits per heavy atom. The summed E-state index contributed by atoms with van der Waals surface area (Å²) in [6.45, 7) is 1.07. The van der Waals surface area contributed by atoms with Crippen LogP contribution in [0.2, 0.25) is 0 Å². The fourth-order valence-electron chi connectivity index (χ4n) is 2.93. The van der Waals surface area contributed by atoms with Crippen molar-refractivity contribution < 1.29 is 19.0 Å². The summed E-state index contributed by atoms with van der Waals surface area (Å²) in [5.74, 6) is 1.54. The minimum atomic E-state index is -0.341. The van der Waals surface area contributed by atoms with Gasteiger partial charge >= 0.3 is 0 Å². The zero-order chi connectivity index (χ0) is 18.6. The molecule has 4 rings (SSSR count). The predicted molar refractivity (Wildman–Crippen MR) is 103 cm³/mol. The van der Waals surface area contributed by atoms with Gasteiger partial charge in [-0.05, 0) is 46.7 Å². The molecule has 0 atom stereocenters. The van der Waals surface area contributed by atoms with Crippen LogP contribution in [-0.2, 0) is 0 Å². The number of carbonyl (C=O) groups is 1. The van der Waals surface area contributed by atoms with Crippen LogP contribution in [0.4, 0.5) is 0 Å². The molecule has 1 aliphatic rings. The highest BCUT2D eigenvalue weighted by Crippen LogP contribution is 2.30. The molecule has 0 radical (unpaired) electrons. The van der Waals surface area contributed by atoms with Crippen LogP contribution in [0.1, 0.15) is 15.9 Å². The zero-order valence-electron chi connectivity index (χ0n) is 14.8. The molecule has 0 unspecified atom stereocenters. The Kier molecular flexibility index (Phi) is 4.61. The van der Waals surface area contributed by atoms with Crippen molar-refractivity contribution in [2.75, 3.05) is 20.3 Å². The minimum Gasteiger partial charge on any atom is -0.496 e. The normalized spacial score (nSPS) is 12.9. The van der Waals surface area contributed by atoms with E-state index >= 15 is 0 Å². The number of amides is 1. The molecule has 0 bridgehead atoms. The second kappa shape index (κ2) is 7.37. The van der Waals surface area contributed by atoms with Gasteiger partial charge in [-0.25, -0.2) is 5.43 Å². The number of hydrogen-bond acceptors (Lipinski definition) is 5. The van der Waals surface area contributed by atoms with Crippen molar-refractivity contribution in [2.24, 2.45) is 5.10 Å². The standard InChI is InChI=1S/C21H18N2O4/c1-25-19-12-16-5-3-2-4-15(16)11-17(19)21(24)23-22-13-14-6-7-18-20(10-14)27-9-8-26-18/h2-7,10-13H,8-9H2,1H3,(H,23,24)/b22-13-. The van der Waals surface area contributed by atoms with E-state index in [9.17, 15) is 4.79 Å². The monoisotopic (exact) mass is 362 g/mol. The fourth-order valence-corrected chi connectivity index (χ4v) is 2.93. The Labute approximate surface area is 156 Å². The van der Waals surface area contributed by atoms with Gasteiger partial charge in [0.1, 0.15) is 19.0 Å². The van der Waals surface area contributed by atoms with Crippen molar-refractivity contribution >= 4 is 22.9 Å². The van der Waals surface area contributed by atoms with Gasteiger partial charge in [0.25, 0.3) is 5.91 Å². The van der Waals surface area contributed by atoms with Crippen molar-refractivity contribution in [2.45, 2.75) is 0 Å². The Morgan fingerprint density at radius 1 is 1.04 bits per heavy atom. The molecule has 1 N–H and O–H groups in total.